The summed E-state index contributed by atoms with van der Waals surface area (Å²) in [6.07, 6.45) is 8.18. The second-order valence-corrected chi connectivity index (χ2v) is 6.62. The highest BCUT2D eigenvalue weighted by atomic mass is 32.2. The Hall–Kier alpha value is -3.00. The second kappa shape index (κ2) is 8.59. The van der Waals surface area contributed by atoms with Gasteiger partial charge < -0.3 is 14.8 Å². The van der Waals surface area contributed by atoms with E-state index in [1.54, 1.807) is 42.5 Å². The molecule has 0 aliphatic carbocycles. The quantitative estimate of drug-likeness (QED) is 0.598. The fourth-order valence-corrected chi connectivity index (χ4v) is 3.32. The summed E-state index contributed by atoms with van der Waals surface area (Å²) in [5.41, 5.74) is 0.743. The summed E-state index contributed by atoms with van der Waals surface area (Å²) in [6.45, 7) is 2.32. The van der Waals surface area contributed by atoms with Crippen LogP contribution in [0.5, 0.6) is 11.5 Å². The van der Waals surface area contributed by atoms with Crippen LogP contribution in [0.4, 0.5) is 4.79 Å². The number of ether oxygens (including phenoxy) is 2. The van der Waals surface area contributed by atoms with E-state index in [9.17, 15) is 14.4 Å². The molecule has 3 amide bonds. The minimum Gasteiger partial charge on any atom is -0.454 e. The van der Waals surface area contributed by atoms with E-state index >= 15 is 0 Å². The molecule has 0 radical (unpaired) electrons. The Balaban J connectivity index is 1.59. The summed E-state index contributed by atoms with van der Waals surface area (Å²) in [6, 6.07) is 5.31. The molecule has 0 atom stereocenters. The van der Waals surface area contributed by atoms with Crippen molar-refractivity contribution in [3.05, 3.63) is 53.0 Å². The van der Waals surface area contributed by atoms with E-state index in [2.05, 4.69) is 5.32 Å². The highest BCUT2D eigenvalue weighted by molar-refractivity contribution is 8.18. The third kappa shape index (κ3) is 4.59. The highest BCUT2D eigenvalue weighted by Gasteiger charge is 2.34. The molecule has 0 aromatic heterocycles. The summed E-state index contributed by atoms with van der Waals surface area (Å²) in [7, 11) is 0. The fourth-order valence-electron chi connectivity index (χ4n) is 2.45. The maximum atomic E-state index is 12.5. The minimum absolute atomic E-state index is 0.117. The Kier molecular flexibility index (Phi) is 5.97. The van der Waals surface area contributed by atoms with Gasteiger partial charge in [0.1, 0.15) is 0 Å². The zero-order valence-electron chi connectivity index (χ0n) is 14.6. The molecule has 1 aromatic rings. The molecule has 2 heterocycles. The Labute approximate surface area is 160 Å². The van der Waals surface area contributed by atoms with Crippen LogP contribution in [-0.4, -0.2) is 41.8 Å². The van der Waals surface area contributed by atoms with Crippen molar-refractivity contribution >= 4 is 34.9 Å². The molecular weight excluding hydrogens is 368 g/mol. The van der Waals surface area contributed by atoms with E-state index in [1.807, 2.05) is 6.92 Å². The molecule has 140 valence electrons. The van der Waals surface area contributed by atoms with E-state index in [1.165, 1.54) is 6.08 Å². The number of hydrogen-bond donors (Lipinski definition) is 1. The number of nitrogens with one attached hydrogen (secondary N) is 1. The van der Waals surface area contributed by atoms with Crippen molar-refractivity contribution in [3.63, 3.8) is 0 Å². The van der Waals surface area contributed by atoms with Crippen molar-refractivity contribution in [1.29, 1.82) is 0 Å². The van der Waals surface area contributed by atoms with Crippen molar-refractivity contribution < 1.29 is 23.9 Å². The van der Waals surface area contributed by atoms with Crippen LogP contribution < -0.4 is 14.8 Å². The standard InChI is InChI=1S/C19H18N2O5S/c1-2-3-4-5-17(22)20-8-9-21-18(23)16(27-19(21)24)11-13-6-7-14-15(10-13)26-12-25-14/h2-7,10-11H,8-9,12H2,1H3,(H,20,22)/b3-2+,5-4+,16-11+. The van der Waals surface area contributed by atoms with Crippen molar-refractivity contribution in [3.8, 4) is 11.5 Å². The van der Waals surface area contributed by atoms with Gasteiger partial charge in [-0.05, 0) is 42.5 Å². The predicted octanol–water partition coefficient (Wildman–Crippen LogP) is 2.70. The lowest BCUT2D eigenvalue weighted by Crippen LogP contribution is -2.36. The van der Waals surface area contributed by atoms with E-state index in [0.29, 0.717) is 16.4 Å². The van der Waals surface area contributed by atoms with Gasteiger partial charge >= 0.3 is 0 Å². The summed E-state index contributed by atoms with van der Waals surface area (Å²) >= 11 is 0.876. The van der Waals surface area contributed by atoms with Crippen LogP contribution in [0.15, 0.2) is 47.4 Å². The molecule has 2 aliphatic heterocycles. The predicted molar refractivity (Wildman–Crippen MR) is 102 cm³/mol. The molecule has 0 unspecified atom stereocenters. The Morgan fingerprint density at radius 1 is 1.26 bits per heavy atom. The lowest BCUT2D eigenvalue weighted by Gasteiger charge is -2.12. The van der Waals surface area contributed by atoms with E-state index in [0.717, 1.165) is 22.2 Å². The minimum atomic E-state index is -0.374. The highest BCUT2D eigenvalue weighted by Crippen LogP contribution is 2.36. The monoisotopic (exact) mass is 386 g/mol. The average molecular weight is 386 g/mol. The van der Waals surface area contributed by atoms with Crippen LogP contribution in [0.2, 0.25) is 0 Å². The number of carbonyl (C=O) groups is 3. The Bertz CT molecular complexity index is 860. The number of rotatable bonds is 6. The molecule has 1 aromatic carbocycles. The first-order valence-electron chi connectivity index (χ1n) is 8.30. The topological polar surface area (TPSA) is 84.9 Å². The van der Waals surface area contributed by atoms with Gasteiger partial charge in [0.15, 0.2) is 11.5 Å². The summed E-state index contributed by atoms with van der Waals surface area (Å²) in [4.78, 5) is 37.6. The molecule has 3 rings (SSSR count). The molecular formula is C19H18N2O5S. The summed E-state index contributed by atoms with van der Waals surface area (Å²) < 4.78 is 10.6. The van der Waals surface area contributed by atoms with Crippen LogP contribution in [-0.2, 0) is 9.59 Å². The van der Waals surface area contributed by atoms with Gasteiger partial charge in [0.25, 0.3) is 11.1 Å². The SMILES string of the molecule is C/C=C/C=C/C(=O)NCCN1C(=O)S/C(=C/c2ccc3c(c2)OCO3)C1=O. The molecule has 7 nitrogen and oxygen atoms in total. The molecule has 8 heteroatoms. The van der Waals surface area contributed by atoms with Crippen LogP contribution in [0.1, 0.15) is 12.5 Å². The number of carbonyl (C=O) groups excluding carboxylic acids is 3. The van der Waals surface area contributed by atoms with Crippen LogP contribution in [0.3, 0.4) is 0 Å². The number of allylic oxidation sites excluding steroid dienone is 3. The first-order valence-corrected chi connectivity index (χ1v) is 9.12. The summed E-state index contributed by atoms with van der Waals surface area (Å²) in [5, 5.41) is 2.28. The molecule has 27 heavy (non-hydrogen) atoms. The van der Waals surface area contributed by atoms with Gasteiger partial charge in [-0.3, -0.25) is 19.3 Å². The number of hydrogen-bond acceptors (Lipinski definition) is 6. The van der Waals surface area contributed by atoms with Crippen LogP contribution >= 0.6 is 11.8 Å². The van der Waals surface area contributed by atoms with Crippen LogP contribution in [0.25, 0.3) is 6.08 Å². The number of imide groups is 1. The van der Waals surface area contributed by atoms with E-state index in [4.69, 9.17) is 9.47 Å². The molecule has 0 saturated carbocycles. The fraction of sp³-hybridized carbons (Fsp3) is 0.211. The number of thioether (sulfide) groups is 1. The van der Waals surface area contributed by atoms with E-state index < -0.39 is 0 Å². The number of nitrogens with zero attached hydrogens (tertiary/aromatic N) is 1. The molecule has 2 aliphatic rings. The van der Waals surface area contributed by atoms with Gasteiger partial charge in [-0.25, -0.2) is 0 Å². The smallest absolute Gasteiger partial charge is 0.293 e. The van der Waals surface area contributed by atoms with Gasteiger partial charge in [-0.1, -0.05) is 24.3 Å². The van der Waals surface area contributed by atoms with Crippen molar-refractivity contribution in [2.45, 2.75) is 6.92 Å². The lowest BCUT2D eigenvalue weighted by atomic mass is 10.2. The molecule has 0 bridgehead atoms. The van der Waals surface area contributed by atoms with Gasteiger partial charge in [0.2, 0.25) is 12.7 Å². The zero-order chi connectivity index (χ0) is 19.2. The van der Waals surface area contributed by atoms with Gasteiger partial charge in [-0.15, -0.1) is 0 Å². The molecule has 0 spiro atoms. The van der Waals surface area contributed by atoms with E-state index in [-0.39, 0.29) is 36.9 Å². The van der Waals surface area contributed by atoms with Gasteiger partial charge in [-0.2, -0.15) is 0 Å². The van der Waals surface area contributed by atoms with Gasteiger partial charge in [0.05, 0.1) is 4.91 Å². The van der Waals surface area contributed by atoms with Gasteiger partial charge in [0, 0.05) is 19.2 Å². The Morgan fingerprint density at radius 2 is 2.07 bits per heavy atom. The maximum absolute atomic E-state index is 12.5. The number of fused-ring (bicyclic) bond motifs is 1. The van der Waals surface area contributed by atoms with Crippen molar-refractivity contribution in [1.82, 2.24) is 10.2 Å². The summed E-state index contributed by atoms with van der Waals surface area (Å²) in [5.74, 6) is 0.605. The number of benzene rings is 1. The zero-order valence-corrected chi connectivity index (χ0v) is 15.5. The third-order valence-electron chi connectivity index (χ3n) is 3.75. The molecule has 1 fully saturated rings. The van der Waals surface area contributed by atoms with Crippen molar-refractivity contribution in [2.75, 3.05) is 19.9 Å². The Morgan fingerprint density at radius 3 is 2.89 bits per heavy atom. The molecule has 1 saturated heterocycles. The average Bonchev–Trinajstić information content (AvgIpc) is 3.21. The first-order chi connectivity index (χ1) is 13.1. The van der Waals surface area contributed by atoms with Crippen LogP contribution in [0, 0.1) is 0 Å². The first kappa shape index (κ1) is 18.8. The third-order valence-corrected chi connectivity index (χ3v) is 4.66. The number of amides is 3. The molecule has 1 N–H and O–H groups in total. The lowest BCUT2D eigenvalue weighted by molar-refractivity contribution is -0.123. The normalized spacial score (nSPS) is 17.7. The van der Waals surface area contributed by atoms with Crippen molar-refractivity contribution in [2.24, 2.45) is 0 Å². The second-order valence-electron chi connectivity index (χ2n) is 5.62. The largest absolute Gasteiger partial charge is 0.454 e. The maximum Gasteiger partial charge on any atom is 0.293 e.